The highest BCUT2D eigenvalue weighted by atomic mass is 16.3. The van der Waals surface area contributed by atoms with Gasteiger partial charge in [-0.15, -0.1) is 0 Å². The zero-order chi connectivity index (χ0) is 16.8. The largest absolute Gasteiger partial charge is 0.508 e. The van der Waals surface area contributed by atoms with Crippen molar-refractivity contribution in [3.8, 4) is 5.75 Å². The topological polar surface area (TPSA) is 61.4 Å². The predicted octanol–water partition coefficient (Wildman–Crippen LogP) is 3.70. The van der Waals surface area contributed by atoms with E-state index in [1.807, 2.05) is 6.07 Å². The van der Waals surface area contributed by atoms with Crippen LogP contribution in [-0.4, -0.2) is 17.7 Å². The monoisotopic (exact) mass is 324 g/mol. The minimum atomic E-state index is -0.148. The Hall–Kier alpha value is -2.49. The molecule has 2 aromatic rings. The van der Waals surface area contributed by atoms with E-state index < -0.39 is 0 Å². The molecule has 4 nitrogen and oxygen atoms in total. The fourth-order valence-electron chi connectivity index (χ4n) is 3.52. The van der Waals surface area contributed by atoms with Crippen LogP contribution in [0.5, 0.6) is 5.75 Å². The molecule has 0 aromatic heterocycles. The smallest absolute Gasteiger partial charge is 0.315 e. The van der Waals surface area contributed by atoms with Gasteiger partial charge < -0.3 is 15.7 Å². The van der Waals surface area contributed by atoms with Gasteiger partial charge in [0.15, 0.2) is 0 Å². The zero-order valence-corrected chi connectivity index (χ0v) is 13.8. The third-order valence-electron chi connectivity index (χ3n) is 4.92. The Labute approximate surface area is 142 Å². The van der Waals surface area contributed by atoms with Gasteiger partial charge in [0, 0.05) is 18.5 Å². The third-order valence-corrected chi connectivity index (χ3v) is 4.92. The summed E-state index contributed by atoms with van der Waals surface area (Å²) >= 11 is 0. The second kappa shape index (κ2) is 7.39. The Kier molecular flexibility index (Phi) is 5.04. The van der Waals surface area contributed by atoms with Crippen LogP contribution >= 0.6 is 0 Å². The van der Waals surface area contributed by atoms with Crippen molar-refractivity contribution in [1.29, 1.82) is 0 Å². The van der Waals surface area contributed by atoms with Gasteiger partial charge in [0.1, 0.15) is 5.75 Å². The molecule has 0 unspecified atom stereocenters. The molecule has 1 saturated carbocycles. The number of phenolic OH excluding ortho intramolecular Hbond substituents is 1. The number of amides is 2. The van der Waals surface area contributed by atoms with Crippen molar-refractivity contribution in [1.82, 2.24) is 10.6 Å². The summed E-state index contributed by atoms with van der Waals surface area (Å²) in [6.45, 7) is 1.11. The van der Waals surface area contributed by atoms with Crippen molar-refractivity contribution in [2.24, 2.45) is 0 Å². The minimum Gasteiger partial charge on any atom is -0.508 e. The van der Waals surface area contributed by atoms with Crippen LogP contribution in [0.15, 0.2) is 54.6 Å². The number of rotatable bonds is 5. The lowest BCUT2D eigenvalue weighted by Crippen LogP contribution is -2.43. The van der Waals surface area contributed by atoms with Crippen LogP contribution in [0.3, 0.4) is 0 Å². The molecule has 2 amide bonds. The van der Waals surface area contributed by atoms with Gasteiger partial charge in [-0.05, 0) is 36.1 Å². The first-order valence-corrected chi connectivity index (χ1v) is 8.53. The molecule has 1 aliphatic carbocycles. The summed E-state index contributed by atoms with van der Waals surface area (Å²) in [5.41, 5.74) is 2.35. The lowest BCUT2D eigenvalue weighted by molar-refractivity contribution is 0.236. The van der Waals surface area contributed by atoms with Crippen molar-refractivity contribution in [3.05, 3.63) is 65.7 Å². The van der Waals surface area contributed by atoms with Gasteiger partial charge in [-0.2, -0.15) is 0 Å². The van der Waals surface area contributed by atoms with E-state index in [2.05, 4.69) is 34.9 Å². The zero-order valence-electron chi connectivity index (χ0n) is 13.8. The SMILES string of the molecule is O=C(NCc1ccc(O)cc1)NCC1(c2ccccc2)CCCC1. The molecule has 24 heavy (non-hydrogen) atoms. The van der Waals surface area contributed by atoms with E-state index in [1.165, 1.54) is 18.4 Å². The summed E-state index contributed by atoms with van der Waals surface area (Å²) < 4.78 is 0. The number of carbonyl (C=O) groups excluding carboxylic acids is 1. The number of phenols is 1. The number of hydrogen-bond acceptors (Lipinski definition) is 2. The summed E-state index contributed by atoms with van der Waals surface area (Å²) in [7, 11) is 0. The molecule has 1 fully saturated rings. The first kappa shape index (κ1) is 16.4. The Morgan fingerprint density at radius 3 is 2.29 bits per heavy atom. The van der Waals surface area contributed by atoms with Gasteiger partial charge >= 0.3 is 6.03 Å². The number of urea groups is 1. The lowest BCUT2D eigenvalue weighted by atomic mass is 9.79. The maximum absolute atomic E-state index is 12.1. The van der Waals surface area contributed by atoms with Crippen LogP contribution in [0, 0.1) is 0 Å². The first-order valence-electron chi connectivity index (χ1n) is 8.53. The molecule has 4 heteroatoms. The molecule has 0 heterocycles. The van der Waals surface area contributed by atoms with E-state index in [9.17, 15) is 9.90 Å². The molecule has 0 bridgehead atoms. The van der Waals surface area contributed by atoms with Gasteiger partial charge in [-0.25, -0.2) is 4.79 Å². The van der Waals surface area contributed by atoms with Crippen molar-refractivity contribution >= 4 is 6.03 Å². The van der Waals surface area contributed by atoms with Crippen molar-refractivity contribution in [3.63, 3.8) is 0 Å². The summed E-state index contributed by atoms with van der Waals surface area (Å²) in [5, 5.41) is 15.2. The van der Waals surface area contributed by atoms with Crippen molar-refractivity contribution < 1.29 is 9.90 Å². The molecule has 2 aromatic carbocycles. The van der Waals surface area contributed by atoms with E-state index in [1.54, 1.807) is 24.3 Å². The van der Waals surface area contributed by atoms with E-state index in [4.69, 9.17) is 0 Å². The Morgan fingerprint density at radius 2 is 1.62 bits per heavy atom. The molecule has 3 N–H and O–H groups in total. The average molecular weight is 324 g/mol. The van der Waals surface area contributed by atoms with Crippen LogP contribution < -0.4 is 10.6 Å². The second-order valence-electron chi connectivity index (χ2n) is 6.56. The van der Waals surface area contributed by atoms with Crippen molar-refractivity contribution in [2.45, 2.75) is 37.6 Å². The molecule has 0 radical (unpaired) electrons. The van der Waals surface area contributed by atoms with Gasteiger partial charge in [0.2, 0.25) is 0 Å². The van der Waals surface area contributed by atoms with Crippen LogP contribution in [0.4, 0.5) is 4.79 Å². The molecule has 0 atom stereocenters. The number of carbonyl (C=O) groups is 1. The highest BCUT2D eigenvalue weighted by Crippen LogP contribution is 2.40. The van der Waals surface area contributed by atoms with Crippen LogP contribution in [0.1, 0.15) is 36.8 Å². The van der Waals surface area contributed by atoms with Gasteiger partial charge in [-0.1, -0.05) is 55.3 Å². The number of nitrogens with one attached hydrogen (secondary N) is 2. The van der Waals surface area contributed by atoms with Crippen LogP contribution in [0.25, 0.3) is 0 Å². The van der Waals surface area contributed by atoms with E-state index in [0.29, 0.717) is 13.1 Å². The maximum atomic E-state index is 12.1. The molecule has 1 aliphatic rings. The number of benzene rings is 2. The highest BCUT2D eigenvalue weighted by Gasteiger charge is 2.35. The fraction of sp³-hybridized carbons (Fsp3) is 0.350. The van der Waals surface area contributed by atoms with Crippen LogP contribution in [-0.2, 0) is 12.0 Å². The van der Waals surface area contributed by atoms with E-state index in [0.717, 1.165) is 18.4 Å². The van der Waals surface area contributed by atoms with Crippen LogP contribution in [0.2, 0.25) is 0 Å². The minimum absolute atomic E-state index is 0.0666. The molecular weight excluding hydrogens is 300 g/mol. The van der Waals surface area contributed by atoms with Gasteiger partial charge in [-0.3, -0.25) is 0 Å². The fourth-order valence-corrected chi connectivity index (χ4v) is 3.52. The standard InChI is InChI=1S/C20H24N2O2/c23-18-10-8-16(9-11-18)14-21-19(24)22-15-20(12-4-5-13-20)17-6-2-1-3-7-17/h1-3,6-11,23H,4-5,12-15H2,(H2,21,22,24). The van der Waals surface area contributed by atoms with Gasteiger partial charge in [0.25, 0.3) is 0 Å². The summed E-state index contributed by atoms with van der Waals surface area (Å²) in [6.07, 6.45) is 4.67. The molecule has 0 spiro atoms. The Balaban J connectivity index is 1.55. The van der Waals surface area contributed by atoms with E-state index >= 15 is 0 Å². The normalized spacial score (nSPS) is 15.8. The first-order chi connectivity index (χ1) is 11.7. The van der Waals surface area contributed by atoms with Crippen molar-refractivity contribution in [2.75, 3.05) is 6.54 Å². The molecule has 0 saturated heterocycles. The number of aromatic hydroxyl groups is 1. The second-order valence-corrected chi connectivity index (χ2v) is 6.56. The third kappa shape index (κ3) is 3.88. The maximum Gasteiger partial charge on any atom is 0.315 e. The summed E-state index contributed by atoms with van der Waals surface area (Å²) in [5.74, 6) is 0.231. The predicted molar refractivity (Wildman–Crippen MR) is 94.9 cm³/mol. The number of hydrogen-bond donors (Lipinski definition) is 3. The molecule has 3 rings (SSSR count). The summed E-state index contributed by atoms with van der Waals surface area (Å²) in [4.78, 5) is 12.1. The van der Waals surface area contributed by atoms with Gasteiger partial charge in [0.05, 0.1) is 0 Å². The molecule has 126 valence electrons. The molecule has 0 aliphatic heterocycles. The quantitative estimate of drug-likeness (QED) is 0.785. The summed E-state index contributed by atoms with van der Waals surface area (Å²) in [6, 6.07) is 17.2. The average Bonchev–Trinajstić information content (AvgIpc) is 3.10. The van der Waals surface area contributed by atoms with E-state index in [-0.39, 0.29) is 17.2 Å². The Morgan fingerprint density at radius 1 is 0.958 bits per heavy atom. The lowest BCUT2D eigenvalue weighted by Gasteiger charge is -2.30. The highest BCUT2D eigenvalue weighted by molar-refractivity contribution is 5.74. The molecular formula is C20H24N2O2. The Bertz CT molecular complexity index is 662.